The number of carbonyl (C=O) groups is 1. The number of anilines is 1. The van der Waals surface area contributed by atoms with Crippen LogP contribution in [0.15, 0.2) is 30.3 Å². The van der Waals surface area contributed by atoms with Gasteiger partial charge in [0.05, 0.1) is 6.04 Å². The quantitative estimate of drug-likeness (QED) is 0.894. The van der Waals surface area contributed by atoms with Crippen LogP contribution in [0.2, 0.25) is 0 Å². The Morgan fingerprint density at radius 2 is 1.86 bits per heavy atom. The van der Waals surface area contributed by atoms with Crippen molar-refractivity contribution in [3.8, 4) is 0 Å². The smallest absolute Gasteiger partial charge is 0.321 e. The van der Waals surface area contributed by atoms with Gasteiger partial charge in [-0.05, 0) is 25.3 Å². The molecule has 2 N–H and O–H groups in total. The first kappa shape index (κ1) is 16.1. The van der Waals surface area contributed by atoms with Gasteiger partial charge in [0.1, 0.15) is 0 Å². The summed E-state index contributed by atoms with van der Waals surface area (Å²) in [5, 5.41) is 9.88. The molecule has 0 radical (unpaired) electrons. The number of nitrogens with one attached hydrogen (secondary N) is 2. The number of aryl methyl sites for hydroxylation is 1. The van der Waals surface area contributed by atoms with Crippen molar-refractivity contribution >= 4 is 11.8 Å². The average molecular weight is 300 g/mol. The van der Waals surface area contributed by atoms with Crippen LogP contribution in [-0.2, 0) is 0 Å². The van der Waals surface area contributed by atoms with Gasteiger partial charge in [-0.15, -0.1) is 0 Å². The highest BCUT2D eigenvalue weighted by Gasteiger charge is 2.18. The summed E-state index contributed by atoms with van der Waals surface area (Å²) in [6.45, 7) is 8.21. The minimum absolute atomic E-state index is 0.0101. The Balaban J connectivity index is 2.03. The van der Waals surface area contributed by atoms with E-state index in [0.29, 0.717) is 11.7 Å². The molecule has 118 valence electrons. The lowest BCUT2D eigenvalue weighted by Crippen LogP contribution is -2.33. The second kappa shape index (κ2) is 6.64. The summed E-state index contributed by atoms with van der Waals surface area (Å²) in [6, 6.07) is 9.90. The molecule has 0 aliphatic carbocycles. The third-order valence-corrected chi connectivity index (χ3v) is 3.92. The number of nitrogens with zero attached hydrogens (tertiary/aromatic N) is 2. The molecule has 5 nitrogen and oxygen atoms in total. The van der Waals surface area contributed by atoms with Crippen molar-refractivity contribution in [2.45, 2.75) is 39.7 Å². The highest BCUT2D eigenvalue weighted by Crippen LogP contribution is 2.20. The van der Waals surface area contributed by atoms with Gasteiger partial charge in [-0.2, -0.15) is 5.10 Å². The Hall–Kier alpha value is -2.30. The maximum Gasteiger partial charge on any atom is 0.323 e. The van der Waals surface area contributed by atoms with Crippen molar-refractivity contribution in [1.29, 1.82) is 0 Å². The summed E-state index contributed by atoms with van der Waals surface area (Å²) in [6.07, 6.45) is 0. The van der Waals surface area contributed by atoms with Crippen molar-refractivity contribution in [2.24, 2.45) is 0 Å². The molecule has 0 saturated heterocycles. The minimum Gasteiger partial charge on any atom is -0.321 e. The summed E-state index contributed by atoms with van der Waals surface area (Å²) in [7, 11) is 1.79. The predicted molar refractivity (Wildman–Crippen MR) is 89.1 cm³/mol. The van der Waals surface area contributed by atoms with Crippen LogP contribution in [0.5, 0.6) is 0 Å². The molecule has 0 aliphatic rings. The fourth-order valence-electron chi connectivity index (χ4n) is 2.14. The molecule has 0 fully saturated rings. The SMILES string of the molecule is Cc1ccc([C@@H](C)N(C)C(=O)Nc2cc(C(C)C)[nH]n2)cc1. The summed E-state index contributed by atoms with van der Waals surface area (Å²) in [5.41, 5.74) is 3.32. The summed E-state index contributed by atoms with van der Waals surface area (Å²) >= 11 is 0. The molecule has 0 aliphatic heterocycles. The third-order valence-electron chi connectivity index (χ3n) is 3.92. The van der Waals surface area contributed by atoms with Crippen LogP contribution in [-0.4, -0.2) is 28.2 Å². The maximum atomic E-state index is 12.3. The van der Waals surface area contributed by atoms with Crippen LogP contribution < -0.4 is 5.32 Å². The molecule has 0 unspecified atom stereocenters. The van der Waals surface area contributed by atoms with Gasteiger partial charge in [0.15, 0.2) is 5.82 Å². The molecule has 1 heterocycles. The van der Waals surface area contributed by atoms with Crippen molar-refractivity contribution in [3.63, 3.8) is 0 Å². The molecule has 1 aromatic carbocycles. The average Bonchev–Trinajstić information content (AvgIpc) is 2.95. The van der Waals surface area contributed by atoms with Gasteiger partial charge in [0.25, 0.3) is 0 Å². The van der Waals surface area contributed by atoms with Crippen molar-refractivity contribution in [1.82, 2.24) is 15.1 Å². The van der Waals surface area contributed by atoms with E-state index in [2.05, 4.69) is 60.6 Å². The van der Waals surface area contributed by atoms with E-state index in [1.807, 2.05) is 13.0 Å². The Kier molecular flexibility index (Phi) is 4.85. The monoisotopic (exact) mass is 300 g/mol. The number of carbonyl (C=O) groups excluding carboxylic acids is 1. The largest absolute Gasteiger partial charge is 0.323 e. The van der Waals surface area contributed by atoms with Gasteiger partial charge >= 0.3 is 6.03 Å². The molecule has 2 rings (SSSR count). The first-order valence-electron chi connectivity index (χ1n) is 7.54. The predicted octanol–water partition coefficient (Wildman–Crippen LogP) is 4.07. The standard InChI is InChI=1S/C17H24N4O/c1-11(2)15-10-16(20-19-15)18-17(22)21(5)13(4)14-8-6-12(3)7-9-14/h6-11,13H,1-5H3,(H2,18,19,20,22)/t13-/m1/s1. The Labute approximate surface area is 131 Å². The first-order valence-corrected chi connectivity index (χ1v) is 7.54. The number of benzene rings is 1. The third kappa shape index (κ3) is 3.67. The number of H-pyrrole nitrogens is 1. The van der Waals surface area contributed by atoms with E-state index in [1.165, 1.54) is 5.56 Å². The second-order valence-electron chi connectivity index (χ2n) is 5.99. The molecule has 0 spiro atoms. The van der Waals surface area contributed by atoms with Crippen molar-refractivity contribution < 1.29 is 4.79 Å². The molecule has 2 aromatic rings. The van der Waals surface area contributed by atoms with Crippen LogP contribution in [0.1, 0.15) is 49.6 Å². The molecular weight excluding hydrogens is 276 g/mol. The molecule has 5 heteroatoms. The van der Waals surface area contributed by atoms with Crippen LogP contribution in [0.4, 0.5) is 10.6 Å². The number of amides is 2. The molecule has 2 amide bonds. The lowest BCUT2D eigenvalue weighted by atomic mass is 10.1. The van der Waals surface area contributed by atoms with E-state index in [1.54, 1.807) is 11.9 Å². The number of urea groups is 1. The molecule has 1 atom stereocenters. The van der Waals surface area contributed by atoms with E-state index < -0.39 is 0 Å². The van der Waals surface area contributed by atoms with Gasteiger partial charge in [-0.1, -0.05) is 43.7 Å². The van der Waals surface area contributed by atoms with E-state index in [4.69, 9.17) is 0 Å². The zero-order valence-corrected chi connectivity index (χ0v) is 13.8. The van der Waals surface area contributed by atoms with Gasteiger partial charge in [0.2, 0.25) is 0 Å². The normalized spacial score (nSPS) is 12.3. The number of hydrogen-bond donors (Lipinski definition) is 2. The molecular formula is C17H24N4O. The van der Waals surface area contributed by atoms with Gasteiger partial charge in [-0.3, -0.25) is 10.4 Å². The fourth-order valence-corrected chi connectivity index (χ4v) is 2.14. The first-order chi connectivity index (χ1) is 10.4. The molecule has 0 saturated carbocycles. The van der Waals surface area contributed by atoms with Crippen molar-refractivity contribution in [3.05, 3.63) is 47.2 Å². The number of aromatic nitrogens is 2. The van der Waals surface area contributed by atoms with E-state index >= 15 is 0 Å². The Morgan fingerprint density at radius 3 is 2.41 bits per heavy atom. The van der Waals surface area contributed by atoms with Crippen LogP contribution in [0.25, 0.3) is 0 Å². The fraction of sp³-hybridized carbons (Fsp3) is 0.412. The summed E-state index contributed by atoms with van der Waals surface area (Å²) < 4.78 is 0. The number of aromatic amines is 1. The van der Waals surface area contributed by atoms with Crippen LogP contribution in [0, 0.1) is 6.92 Å². The molecule has 1 aromatic heterocycles. The van der Waals surface area contributed by atoms with Gasteiger partial charge in [-0.25, -0.2) is 4.79 Å². The second-order valence-corrected chi connectivity index (χ2v) is 5.99. The van der Waals surface area contributed by atoms with E-state index in [-0.39, 0.29) is 12.1 Å². The van der Waals surface area contributed by atoms with Crippen LogP contribution in [0.3, 0.4) is 0 Å². The highest BCUT2D eigenvalue weighted by molar-refractivity contribution is 5.88. The summed E-state index contributed by atoms with van der Waals surface area (Å²) in [4.78, 5) is 14.0. The maximum absolute atomic E-state index is 12.3. The zero-order valence-electron chi connectivity index (χ0n) is 13.8. The lowest BCUT2D eigenvalue weighted by Gasteiger charge is -2.25. The number of rotatable bonds is 4. The van der Waals surface area contributed by atoms with E-state index in [9.17, 15) is 4.79 Å². The Morgan fingerprint density at radius 1 is 1.23 bits per heavy atom. The highest BCUT2D eigenvalue weighted by atomic mass is 16.2. The zero-order chi connectivity index (χ0) is 16.3. The molecule has 22 heavy (non-hydrogen) atoms. The Bertz CT molecular complexity index is 630. The minimum atomic E-state index is -0.171. The molecule has 0 bridgehead atoms. The topological polar surface area (TPSA) is 61.0 Å². The van der Waals surface area contributed by atoms with E-state index in [0.717, 1.165) is 11.3 Å². The van der Waals surface area contributed by atoms with Gasteiger partial charge in [0, 0.05) is 18.8 Å². The lowest BCUT2D eigenvalue weighted by molar-refractivity contribution is 0.208. The summed E-state index contributed by atoms with van der Waals surface area (Å²) in [5.74, 6) is 0.902. The number of hydrogen-bond acceptors (Lipinski definition) is 2. The van der Waals surface area contributed by atoms with Crippen molar-refractivity contribution in [2.75, 3.05) is 12.4 Å². The van der Waals surface area contributed by atoms with Crippen LogP contribution >= 0.6 is 0 Å². The van der Waals surface area contributed by atoms with Gasteiger partial charge < -0.3 is 4.90 Å².